The molecule has 1 aliphatic heterocycles. The molecule has 0 unspecified atom stereocenters. The molecular formula is C30H31F3N4O8. The van der Waals surface area contributed by atoms with Crippen molar-refractivity contribution in [2.24, 2.45) is 5.92 Å². The summed E-state index contributed by atoms with van der Waals surface area (Å²) in [6.07, 6.45) is -3.56. The quantitative estimate of drug-likeness (QED) is 0.118. The molecule has 2 heterocycles. The third-order valence-corrected chi connectivity index (χ3v) is 6.57. The van der Waals surface area contributed by atoms with Crippen molar-refractivity contribution in [3.63, 3.8) is 0 Å². The molecule has 0 bridgehead atoms. The number of alkyl halides is 3. The molecule has 0 radical (unpaired) electrons. The van der Waals surface area contributed by atoms with E-state index in [4.69, 9.17) is 24.6 Å². The zero-order valence-corrected chi connectivity index (χ0v) is 24.0. The number of para-hydroxylation sites is 1. The van der Waals surface area contributed by atoms with Crippen LogP contribution in [-0.4, -0.2) is 76.0 Å². The first-order valence-corrected chi connectivity index (χ1v) is 13.5. The highest BCUT2D eigenvalue weighted by atomic mass is 19.4. The highest BCUT2D eigenvalue weighted by Gasteiger charge is 2.41. The first-order chi connectivity index (χ1) is 21.3. The van der Waals surface area contributed by atoms with Crippen LogP contribution in [-0.2, 0) is 20.9 Å². The SMILES string of the molecule is C=CCCOC(=O)N1C[C@H](C(=O)NO)[C@H](NC(=O)c2ccc(OCc3cc(C)nc4ccccc34)cc2)C1.O=C(O)C(F)(F)F. The third kappa shape index (κ3) is 9.66. The van der Waals surface area contributed by atoms with Crippen LogP contribution in [0, 0.1) is 12.8 Å². The van der Waals surface area contributed by atoms with Gasteiger partial charge in [0.05, 0.1) is 24.1 Å². The number of hydrogen-bond acceptors (Lipinski definition) is 8. The van der Waals surface area contributed by atoms with Gasteiger partial charge in [0.1, 0.15) is 12.4 Å². The van der Waals surface area contributed by atoms with Crippen molar-refractivity contribution in [3.8, 4) is 5.75 Å². The summed E-state index contributed by atoms with van der Waals surface area (Å²) in [6, 6.07) is 15.8. The van der Waals surface area contributed by atoms with E-state index in [1.807, 2.05) is 37.3 Å². The van der Waals surface area contributed by atoms with E-state index in [0.29, 0.717) is 24.3 Å². The van der Waals surface area contributed by atoms with Gasteiger partial charge in [-0.25, -0.2) is 15.1 Å². The van der Waals surface area contributed by atoms with Crippen LogP contribution in [0.5, 0.6) is 5.75 Å². The van der Waals surface area contributed by atoms with Crippen molar-refractivity contribution < 1.29 is 52.1 Å². The van der Waals surface area contributed by atoms with Gasteiger partial charge in [0.15, 0.2) is 0 Å². The van der Waals surface area contributed by atoms with Crippen LogP contribution >= 0.6 is 0 Å². The van der Waals surface area contributed by atoms with Crippen LogP contribution in [0.15, 0.2) is 67.3 Å². The summed E-state index contributed by atoms with van der Waals surface area (Å²) in [4.78, 5) is 52.2. The second kappa shape index (κ2) is 15.5. The van der Waals surface area contributed by atoms with E-state index in [0.717, 1.165) is 22.2 Å². The molecule has 0 aliphatic carbocycles. The van der Waals surface area contributed by atoms with Crippen molar-refractivity contribution in [2.45, 2.75) is 32.2 Å². The monoisotopic (exact) mass is 632 g/mol. The van der Waals surface area contributed by atoms with E-state index in [1.54, 1.807) is 35.8 Å². The number of fused-ring (bicyclic) bond motifs is 1. The number of nitrogens with zero attached hydrogens (tertiary/aromatic N) is 2. The lowest BCUT2D eigenvalue weighted by Crippen LogP contribution is -2.45. The molecule has 240 valence electrons. The largest absolute Gasteiger partial charge is 0.490 e. The Bertz CT molecular complexity index is 1530. The number of hydrogen-bond donors (Lipinski definition) is 4. The molecule has 45 heavy (non-hydrogen) atoms. The number of benzene rings is 2. The summed E-state index contributed by atoms with van der Waals surface area (Å²) >= 11 is 0. The fraction of sp³-hybridized carbons (Fsp3) is 0.300. The smallest absolute Gasteiger partial charge is 0.489 e. The lowest BCUT2D eigenvalue weighted by Gasteiger charge is -2.18. The summed E-state index contributed by atoms with van der Waals surface area (Å²) in [5.74, 6) is -4.12. The lowest BCUT2D eigenvalue weighted by atomic mass is 10.0. The van der Waals surface area contributed by atoms with Gasteiger partial charge in [0, 0.05) is 35.3 Å². The summed E-state index contributed by atoms with van der Waals surface area (Å²) in [7, 11) is 0. The van der Waals surface area contributed by atoms with Gasteiger partial charge in [-0.05, 0) is 49.7 Å². The molecule has 4 rings (SSSR count). The molecule has 2 atom stereocenters. The predicted molar refractivity (Wildman–Crippen MR) is 153 cm³/mol. The highest BCUT2D eigenvalue weighted by molar-refractivity contribution is 5.95. The van der Waals surface area contributed by atoms with E-state index in [9.17, 15) is 27.6 Å². The minimum absolute atomic E-state index is 0.000201. The Kier molecular flexibility index (Phi) is 11.8. The number of aromatic nitrogens is 1. The number of halogens is 3. The van der Waals surface area contributed by atoms with Gasteiger partial charge in [-0.1, -0.05) is 24.3 Å². The second-order valence-corrected chi connectivity index (χ2v) is 9.82. The van der Waals surface area contributed by atoms with Crippen LogP contribution < -0.4 is 15.5 Å². The van der Waals surface area contributed by atoms with Gasteiger partial charge < -0.3 is 24.8 Å². The summed E-state index contributed by atoms with van der Waals surface area (Å²) in [5, 5.41) is 20.1. The first kappa shape index (κ1) is 34.3. The molecule has 3 aromatic rings. The molecule has 0 saturated carbocycles. The van der Waals surface area contributed by atoms with Crippen LogP contribution in [0.3, 0.4) is 0 Å². The molecule has 0 spiro atoms. The van der Waals surface area contributed by atoms with Gasteiger partial charge in [-0.2, -0.15) is 13.2 Å². The minimum Gasteiger partial charge on any atom is -0.489 e. The maximum atomic E-state index is 12.9. The molecular weight excluding hydrogens is 601 g/mol. The van der Waals surface area contributed by atoms with E-state index < -0.39 is 42.0 Å². The third-order valence-electron chi connectivity index (χ3n) is 6.57. The van der Waals surface area contributed by atoms with Gasteiger partial charge in [-0.3, -0.25) is 19.8 Å². The van der Waals surface area contributed by atoms with Crippen molar-refractivity contribution in [3.05, 3.63) is 84.1 Å². The van der Waals surface area contributed by atoms with Crippen molar-refractivity contribution in [1.82, 2.24) is 20.7 Å². The Morgan fingerprint density at radius 3 is 2.40 bits per heavy atom. The van der Waals surface area contributed by atoms with Crippen LogP contribution in [0.1, 0.15) is 28.0 Å². The fourth-order valence-electron chi connectivity index (χ4n) is 4.40. The molecule has 1 aromatic heterocycles. The Balaban J connectivity index is 0.000000707. The number of carboxylic acids is 1. The Morgan fingerprint density at radius 1 is 1.11 bits per heavy atom. The van der Waals surface area contributed by atoms with Gasteiger partial charge in [-0.15, -0.1) is 6.58 Å². The lowest BCUT2D eigenvalue weighted by molar-refractivity contribution is -0.192. The second-order valence-electron chi connectivity index (χ2n) is 9.82. The molecule has 1 fully saturated rings. The van der Waals surface area contributed by atoms with Crippen LogP contribution in [0.4, 0.5) is 18.0 Å². The Morgan fingerprint density at radius 2 is 1.78 bits per heavy atom. The molecule has 2 aromatic carbocycles. The maximum Gasteiger partial charge on any atom is 0.490 e. The van der Waals surface area contributed by atoms with Crippen LogP contribution in [0.2, 0.25) is 0 Å². The van der Waals surface area contributed by atoms with E-state index in [1.165, 1.54) is 4.90 Å². The van der Waals surface area contributed by atoms with E-state index in [2.05, 4.69) is 16.9 Å². The highest BCUT2D eigenvalue weighted by Crippen LogP contribution is 2.22. The number of nitrogens with one attached hydrogen (secondary N) is 2. The number of ether oxygens (including phenoxy) is 2. The van der Waals surface area contributed by atoms with Gasteiger partial charge in [0.25, 0.3) is 5.91 Å². The maximum absolute atomic E-state index is 12.9. The average molecular weight is 633 g/mol. The number of carbonyl (C=O) groups excluding carboxylic acids is 3. The summed E-state index contributed by atoms with van der Waals surface area (Å²) in [5.41, 5.74) is 4.78. The fourth-order valence-corrected chi connectivity index (χ4v) is 4.40. The standard InChI is InChI=1S/C28H30N4O6.C2HF3O2/c1-3-4-13-37-28(35)32-15-23(27(34)31-36)25(16-32)30-26(33)19-9-11-21(12-10-19)38-17-20-14-18(2)29-24-8-6-5-7-22(20)24;3-2(4,5)1(6)7/h3,5-12,14,23,25,36H,1,4,13,15-17H2,2H3,(H,30,33)(H,31,34);(H,6,7)/t23-,25+;/m0./s1. The number of pyridine rings is 1. The number of aryl methyl sites for hydroxylation is 1. The number of likely N-dealkylation sites (tertiary alicyclic amines) is 1. The van der Waals surface area contributed by atoms with Crippen molar-refractivity contribution in [2.75, 3.05) is 19.7 Å². The van der Waals surface area contributed by atoms with E-state index >= 15 is 0 Å². The van der Waals surface area contributed by atoms with Gasteiger partial charge in [0.2, 0.25) is 5.91 Å². The zero-order valence-electron chi connectivity index (χ0n) is 24.0. The number of carboxylic acid groups (broad SMARTS) is 1. The van der Waals surface area contributed by atoms with Crippen molar-refractivity contribution >= 4 is 34.8 Å². The normalized spacial score (nSPS) is 15.8. The Labute approximate surface area is 255 Å². The van der Waals surface area contributed by atoms with Crippen molar-refractivity contribution in [1.29, 1.82) is 0 Å². The molecule has 1 aliphatic rings. The molecule has 1 saturated heterocycles. The predicted octanol–water partition coefficient (Wildman–Crippen LogP) is 4.00. The molecule has 3 amide bonds. The molecule has 15 heteroatoms. The number of amides is 3. The minimum atomic E-state index is -5.08. The topological polar surface area (TPSA) is 167 Å². The van der Waals surface area contributed by atoms with Crippen LogP contribution in [0.25, 0.3) is 10.9 Å². The first-order valence-electron chi connectivity index (χ1n) is 13.5. The number of hydroxylamine groups is 1. The summed E-state index contributed by atoms with van der Waals surface area (Å²) in [6.45, 7) is 6.09. The number of aliphatic carboxylic acids is 1. The number of rotatable bonds is 9. The number of carbonyl (C=O) groups is 4. The average Bonchev–Trinajstić information content (AvgIpc) is 3.43. The zero-order chi connectivity index (χ0) is 33.1. The summed E-state index contributed by atoms with van der Waals surface area (Å²) < 4.78 is 42.9. The molecule has 12 nitrogen and oxygen atoms in total. The molecule has 4 N–H and O–H groups in total. The Hall–Kier alpha value is -5.18. The van der Waals surface area contributed by atoms with E-state index in [-0.39, 0.29) is 19.7 Å². The van der Waals surface area contributed by atoms with Gasteiger partial charge >= 0.3 is 18.2 Å².